The fourth-order valence-corrected chi connectivity index (χ4v) is 1.52. The molecule has 5 heteroatoms. The van der Waals surface area contributed by atoms with Crippen LogP contribution in [0.5, 0.6) is 5.88 Å². The molecule has 1 unspecified atom stereocenters. The molecule has 5 nitrogen and oxygen atoms in total. The molecule has 0 radical (unpaired) electrons. The first kappa shape index (κ1) is 12.4. The maximum atomic E-state index is 5.51. The molecule has 18 heavy (non-hydrogen) atoms. The Bertz CT molecular complexity index is 483. The lowest BCUT2D eigenvalue weighted by Crippen LogP contribution is -2.11. The highest BCUT2D eigenvalue weighted by atomic mass is 16.5. The molecule has 2 heterocycles. The van der Waals surface area contributed by atoms with Crippen LogP contribution in [0.15, 0.2) is 35.1 Å². The number of anilines is 1. The summed E-state index contributed by atoms with van der Waals surface area (Å²) < 4.78 is 10.8. The Labute approximate surface area is 106 Å². The summed E-state index contributed by atoms with van der Waals surface area (Å²) in [6, 6.07) is 5.51. The van der Waals surface area contributed by atoms with Crippen molar-refractivity contribution in [3.05, 3.63) is 36.4 Å². The maximum Gasteiger partial charge on any atom is 0.226 e. The molecule has 0 amide bonds. The molecule has 0 aliphatic heterocycles. The van der Waals surface area contributed by atoms with Gasteiger partial charge in [-0.05, 0) is 32.9 Å². The van der Waals surface area contributed by atoms with Gasteiger partial charge in [-0.1, -0.05) is 0 Å². The summed E-state index contributed by atoms with van der Waals surface area (Å²) in [6.45, 7) is 5.90. The molecular formula is C13H17N3O2. The summed E-state index contributed by atoms with van der Waals surface area (Å²) >= 11 is 0. The van der Waals surface area contributed by atoms with Gasteiger partial charge < -0.3 is 14.5 Å². The van der Waals surface area contributed by atoms with Crippen LogP contribution in [-0.4, -0.2) is 16.1 Å². The minimum absolute atomic E-state index is 0.00861. The number of rotatable bonds is 5. The Kier molecular flexibility index (Phi) is 3.82. The number of nitrogens with zero attached hydrogens (tertiary/aromatic N) is 2. The van der Waals surface area contributed by atoms with Gasteiger partial charge >= 0.3 is 0 Å². The monoisotopic (exact) mass is 247 g/mol. The molecule has 0 aromatic carbocycles. The molecule has 1 N–H and O–H groups in total. The number of nitrogens with one attached hydrogen (secondary N) is 1. The zero-order valence-electron chi connectivity index (χ0n) is 10.8. The van der Waals surface area contributed by atoms with Crippen molar-refractivity contribution >= 4 is 5.95 Å². The quantitative estimate of drug-likeness (QED) is 0.880. The Balaban J connectivity index is 2.05. The fraction of sp³-hybridized carbons (Fsp3) is 0.385. The molecular weight excluding hydrogens is 230 g/mol. The normalized spacial score (nSPS) is 12.4. The van der Waals surface area contributed by atoms with E-state index >= 15 is 0 Å². The van der Waals surface area contributed by atoms with Crippen LogP contribution in [-0.2, 0) is 0 Å². The van der Waals surface area contributed by atoms with Crippen LogP contribution < -0.4 is 10.1 Å². The van der Waals surface area contributed by atoms with Crippen molar-refractivity contribution < 1.29 is 9.15 Å². The molecule has 2 aromatic heterocycles. The standard InChI is InChI=1S/C13H17N3O2/c1-9(2)18-12-6-7-14-13(16-12)15-10(3)11-5-4-8-17-11/h4-10H,1-3H3,(H,14,15,16). The smallest absolute Gasteiger partial charge is 0.226 e. The third-order valence-electron chi connectivity index (χ3n) is 2.30. The molecule has 2 rings (SSSR count). The molecule has 0 aliphatic rings. The van der Waals surface area contributed by atoms with E-state index in [-0.39, 0.29) is 12.1 Å². The van der Waals surface area contributed by atoms with Crippen molar-refractivity contribution in [3.8, 4) is 5.88 Å². The van der Waals surface area contributed by atoms with Crippen molar-refractivity contribution in [1.29, 1.82) is 0 Å². The lowest BCUT2D eigenvalue weighted by molar-refractivity contribution is 0.232. The van der Waals surface area contributed by atoms with E-state index in [2.05, 4.69) is 15.3 Å². The zero-order chi connectivity index (χ0) is 13.0. The second-order valence-electron chi connectivity index (χ2n) is 4.27. The highest BCUT2D eigenvalue weighted by Crippen LogP contribution is 2.18. The van der Waals surface area contributed by atoms with E-state index in [1.807, 2.05) is 32.9 Å². The molecule has 1 atom stereocenters. The van der Waals surface area contributed by atoms with Crippen LogP contribution in [0.2, 0.25) is 0 Å². The molecule has 96 valence electrons. The third kappa shape index (κ3) is 3.23. The van der Waals surface area contributed by atoms with Crippen LogP contribution in [0.25, 0.3) is 0 Å². The Morgan fingerprint density at radius 1 is 1.28 bits per heavy atom. The first-order chi connectivity index (χ1) is 8.65. The van der Waals surface area contributed by atoms with Crippen molar-refractivity contribution in [2.75, 3.05) is 5.32 Å². The second-order valence-corrected chi connectivity index (χ2v) is 4.27. The van der Waals surface area contributed by atoms with Gasteiger partial charge in [0.1, 0.15) is 5.76 Å². The van der Waals surface area contributed by atoms with Crippen molar-refractivity contribution in [2.45, 2.75) is 32.9 Å². The van der Waals surface area contributed by atoms with Crippen LogP contribution in [0.3, 0.4) is 0 Å². The van der Waals surface area contributed by atoms with Gasteiger partial charge in [-0.2, -0.15) is 4.98 Å². The molecule has 0 saturated carbocycles. The van der Waals surface area contributed by atoms with Gasteiger partial charge in [0.15, 0.2) is 0 Å². The zero-order valence-corrected chi connectivity index (χ0v) is 10.8. The molecule has 0 fully saturated rings. The van der Waals surface area contributed by atoms with E-state index in [1.54, 1.807) is 18.5 Å². The Hall–Kier alpha value is -2.04. The second kappa shape index (κ2) is 5.53. The molecule has 0 bridgehead atoms. The lowest BCUT2D eigenvalue weighted by atomic mass is 10.2. The first-order valence-electron chi connectivity index (χ1n) is 5.95. The van der Waals surface area contributed by atoms with Crippen LogP contribution >= 0.6 is 0 Å². The van der Waals surface area contributed by atoms with Crippen molar-refractivity contribution in [1.82, 2.24) is 9.97 Å². The maximum absolute atomic E-state index is 5.51. The van der Waals surface area contributed by atoms with E-state index in [4.69, 9.17) is 9.15 Å². The van der Waals surface area contributed by atoms with Gasteiger partial charge in [-0.15, -0.1) is 0 Å². The van der Waals surface area contributed by atoms with Gasteiger partial charge in [-0.3, -0.25) is 0 Å². The first-order valence-corrected chi connectivity index (χ1v) is 5.95. The van der Waals surface area contributed by atoms with E-state index < -0.39 is 0 Å². The summed E-state index contributed by atoms with van der Waals surface area (Å²) in [7, 11) is 0. The van der Waals surface area contributed by atoms with E-state index in [1.165, 1.54) is 0 Å². The van der Waals surface area contributed by atoms with Crippen molar-refractivity contribution in [3.63, 3.8) is 0 Å². The SMILES string of the molecule is CC(C)Oc1ccnc(NC(C)c2ccco2)n1. The van der Waals surface area contributed by atoms with Gasteiger partial charge in [0.25, 0.3) is 0 Å². The number of furan rings is 1. The minimum atomic E-state index is 0.00861. The number of hydrogen-bond acceptors (Lipinski definition) is 5. The molecule has 0 saturated heterocycles. The summed E-state index contributed by atoms with van der Waals surface area (Å²) in [5.41, 5.74) is 0. The number of hydrogen-bond donors (Lipinski definition) is 1. The predicted octanol–water partition coefficient (Wildman–Crippen LogP) is 3.03. The summed E-state index contributed by atoms with van der Waals surface area (Å²) in [5.74, 6) is 1.93. The van der Waals surface area contributed by atoms with E-state index in [0.717, 1.165) is 5.76 Å². The fourth-order valence-electron chi connectivity index (χ4n) is 1.52. The van der Waals surface area contributed by atoms with E-state index in [9.17, 15) is 0 Å². The number of aromatic nitrogens is 2. The summed E-state index contributed by atoms with van der Waals surface area (Å²) in [5, 5.41) is 3.16. The third-order valence-corrected chi connectivity index (χ3v) is 2.30. The Morgan fingerprint density at radius 2 is 2.11 bits per heavy atom. The molecule has 0 aliphatic carbocycles. The van der Waals surface area contributed by atoms with Crippen molar-refractivity contribution in [2.24, 2.45) is 0 Å². The number of ether oxygens (including phenoxy) is 1. The minimum Gasteiger partial charge on any atom is -0.475 e. The lowest BCUT2D eigenvalue weighted by Gasteiger charge is -2.13. The van der Waals surface area contributed by atoms with Crippen LogP contribution in [0.4, 0.5) is 5.95 Å². The van der Waals surface area contributed by atoms with E-state index in [0.29, 0.717) is 11.8 Å². The van der Waals surface area contributed by atoms with Gasteiger partial charge in [0.05, 0.1) is 18.4 Å². The van der Waals surface area contributed by atoms with Crippen LogP contribution in [0, 0.1) is 0 Å². The topological polar surface area (TPSA) is 60.2 Å². The van der Waals surface area contributed by atoms with Crippen LogP contribution in [0.1, 0.15) is 32.6 Å². The summed E-state index contributed by atoms with van der Waals surface area (Å²) in [4.78, 5) is 8.43. The molecule has 2 aromatic rings. The summed E-state index contributed by atoms with van der Waals surface area (Å²) in [6.07, 6.45) is 3.41. The highest BCUT2D eigenvalue weighted by Gasteiger charge is 2.10. The average Bonchev–Trinajstić information content (AvgIpc) is 2.81. The highest BCUT2D eigenvalue weighted by molar-refractivity contribution is 5.30. The van der Waals surface area contributed by atoms with Gasteiger partial charge in [0.2, 0.25) is 11.8 Å². The van der Waals surface area contributed by atoms with Gasteiger partial charge in [-0.25, -0.2) is 4.98 Å². The molecule has 0 spiro atoms. The van der Waals surface area contributed by atoms with Gasteiger partial charge in [0, 0.05) is 12.3 Å². The largest absolute Gasteiger partial charge is 0.475 e. The predicted molar refractivity (Wildman–Crippen MR) is 68.5 cm³/mol. The average molecular weight is 247 g/mol. The Morgan fingerprint density at radius 3 is 2.78 bits per heavy atom.